The van der Waals surface area contributed by atoms with E-state index < -0.39 is 12.1 Å². The van der Waals surface area contributed by atoms with Crippen LogP contribution in [0, 0.1) is 0 Å². The minimum atomic E-state index is -1.40. The van der Waals surface area contributed by atoms with Crippen molar-refractivity contribution in [3.63, 3.8) is 0 Å². The molecule has 1 aromatic rings. The van der Waals surface area contributed by atoms with Gasteiger partial charge in [-0.15, -0.1) is 11.3 Å². The topological polar surface area (TPSA) is 57.5 Å². The minimum Gasteiger partial charge on any atom is -0.479 e. The molecular formula is C6H5BrO3S. The van der Waals surface area contributed by atoms with Gasteiger partial charge in [0.2, 0.25) is 0 Å². The van der Waals surface area contributed by atoms with Gasteiger partial charge in [-0.3, -0.25) is 0 Å². The maximum absolute atomic E-state index is 10.3. The molecule has 0 fully saturated rings. The second kappa shape index (κ2) is 3.34. The van der Waals surface area contributed by atoms with Crippen LogP contribution >= 0.6 is 27.3 Å². The van der Waals surface area contributed by atoms with Gasteiger partial charge in [0, 0.05) is 14.7 Å². The van der Waals surface area contributed by atoms with Gasteiger partial charge in [-0.25, -0.2) is 4.79 Å². The van der Waals surface area contributed by atoms with Crippen LogP contribution in [0.15, 0.2) is 15.9 Å². The van der Waals surface area contributed by atoms with E-state index in [1.807, 2.05) is 0 Å². The molecule has 0 saturated heterocycles. The molecule has 2 N–H and O–H groups in total. The molecule has 1 heterocycles. The van der Waals surface area contributed by atoms with Crippen LogP contribution < -0.4 is 0 Å². The van der Waals surface area contributed by atoms with Gasteiger partial charge < -0.3 is 10.2 Å². The molecule has 0 aliphatic rings. The number of rotatable bonds is 2. The second-order valence-electron chi connectivity index (χ2n) is 1.91. The zero-order valence-electron chi connectivity index (χ0n) is 5.32. The fourth-order valence-corrected chi connectivity index (χ4v) is 2.01. The summed E-state index contributed by atoms with van der Waals surface area (Å²) in [4.78, 5) is 10.7. The normalized spacial score (nSPS) is 12.9. The van der Waals surface area contributed by atoms with Crippen LogP contribution in [0.2, 0.25) is 0 Å². The quantitative estimate of drug-likeness (QED) is 0.821. The largest absolute Gasteiger partial charge is 0.479 e. The van der Waals surface area contributed by atoms with Gasteiger partial charge in [0.05, 0.1) is 0 Å². The Morgan fingerprint density at radius 2 is 2.36 bits per heavy atom. The molecule has 1 rings (SSSR count). The predicted octanol–water partition coefficient (Wildman–Crippen LogP) is 1.63. The van der Waals surface area contributed by atoms with Gasteiger partial charge in [-0.05, 0) is 22.0 Å². The molecule has 0 amide bonds. The first-order chi connectivity index (χ1) is 5.11. The highest BCUT2D eigenvalue weighted by atomic mass is 79.9. The van der Waals surface area contributed by atoms with Crippen molar-refractivity contribution < 1.29 is 15.0 Å². The number of aliphatic hydroxyl groups is 1. The summed E-state index contributed by atoms with van der Waals surface area (Å²) in [6.45, 7) is 0. The number of carboxylic acid groups (broad SMARTS) is 1. The van der Waals surface area contributed by atoms with E-state index in [1.54, 1.807) is 11.4 Å². The Morgan fingerprint density at radius 1 is 1.73 bits per heavy atom. The molecule has 0 bridgehead atoms. The van der Waals surface area contributed by atoms with Crippen LogP contribution in [0.25, 0.3) is 0 Å². The van der Waals surface area contributed by atoms with Crippen LogP contribution in [0.1, 0.15) is 11.0 Å². The lowest BCUT2D eigenvalue weighted by atomic mass is 10.3. The van der Waals surface area contributed by atoms with E-state index >= 15 is 0 Å². The first-order valence-corrected chi connectivity index (χ1v) is 4.43. The van der Waals surface area contributed by atoms with E-state index in [-0.39, 0.29) is 0 Å². The van der Waals surface area contributed by atoms with Crippen molar-refractivity contribution in [1.29, 1.82) is 0 Å². The lowest BCUT2D eigenvalue weighted by Gasteiger charge is -1.99. The summed E-state index contributed by atoms with van der Waals surface area (Å²) < 4.78 is 0.790. The highest BCUT2D eigenvalue weighted by Gasteiger charge is 2.17. The van der Waals surface area contributed by atoms with E-state index in [0.29, 0.717) is 4.88 Å². The molecule has 0 unspecified atom stereocenters. The van der Waals surface area contributed by atoms with Gasteiger partial charge in [0.25, 0.3) is 0 Å². The molecule has 11 heavy (non-hydrogen) atoms. The van der Waals surface area contributed by atoms with Gasteiger partial charge in [0.1, 0.15) is 0 Å². The predicted molar refractivity (Wildman–Crippen MR) is 44.6 cm³/mol. The minimum absolute atomic E-state index is 0.435. The number of thiophene rings is 1. The SMILES string of the molecule is O=C(O)[C@H](O)c1cc(Br)cs1. The lowest BCUT2D eigenvalue weighted by Crippen LogP contribution is -2.08. The van der Waals surface area contributed by atoms with Crippen molar-refractivity contribution in [1.82, 2.24) is 0 Å². The van der Waals surface area contributed by atoms with E-state index in [2.05, 4.69) is 15.9 Å². The fraction of sp³-hybridized carbons (Fsp3) is 0.167. The van der Waals surface area contributed by atoms with Gasteiger partial charge >= 0.3 is 5.97 Å². The summed E-state index contributed by atoms with van der Waals surface area (Å²) in [7, 11) is 0. The van der Waals surface area contributed by atoms with Crippen LogP contribution in [0.4, 0.5) is 0 Å². The van der Waals surface area contributed by atoms with Crippen molar-refractivity contribution in [2.75, 3.05) is 0 Å². The molecule has 0 saturated carbocycles. The molecule has 0 aliphatic heterocycles. The number of carboxylic acids is 1. The molecule has 5 heteroatoms. The number of hydrogen-bond acceptors (Lipinski definition) is 3. The lowest BCUT2D eigenvalue weighted by molar-refractivity contribution is -0.146. The summed E-state index contributed by atoms with van der Waals surface area (Å²) in [5.41, 5.74) is 0. The van der Waals surface area contributed by atoms with Crippen molar-refractivity contribution in [3.05, 3.63) is 20.8 Å². The number of aliphatic carboxylic acids is 1. The summed E-state index contributed by atoms with van der Waals surface area (Å²) in [6, 6.07) is 1.59. The number of hydrogen-bond donors (Lipinski definition) is 2. The highest BCUT2D eigenvalue weighted by Crippen LogP contribution is 2.25. The van der Waals surface area contributed by atoms with Gasteiger partial charge in [0.15, 0.2) is 6.10 Å². The molecule has 0 spiro atoms. The average Bonchev–Trinajstić information content (AvgIpc) is 2.34. The Labute approximate surface area is 75.4 Å². The van der Waals surface area contributed by atoms with Crippen LogP contribution in [-0.4, -0.2) is 16.2 Å². The van der Waals surface area contributed by atoms with E-state index in [1.165, 1.54) is 11.3 Å². The smallest absolute Gasteiger partial charge is 0.338 e. The first kappa shape index (κ1) is 8.70. The number of carbonyl (C=O) groups is 1. The molecule has 0 radical (unpaired) electrons. The first-order valence-electron chi connectivity index (χ1n) is 2.76. The highest BCUT2D eigenvalue weighted by molar-refractivity contribution is 9.10. The summed E-state index contributed by atoms with van der Waals surface area (Å²) in [6.07, 6.45) is -1.40. The second-order valence-corrected chi connectivity index (χ2v) is 3.77. The number of halogens is 1. The molecule has 1 aromatic heterocycles. The summed E-state index contributed by atoms with van der Waals surface area (Å²) in [5, 5.41) is 19.1. The zero-order chi connectivity index (χ0) is 8.43. The van der Waals surface area contributed by atoms with Crippen LogP contribution in [0.5, 0.6) is 0 Å². The summed E-state index contributed by atoms with van der Waals surface area (Å²) in [5.74, 6) is -1.22. The third-order valence-electron chi connectivity index (χ3n) is 1.09. The van der Waals surface area contributed by atoms with Gasteiger partial charge in [-0.2, -0.15) is 0 Å². The van der Waals surface area contributed by atoms with E-state index in [0.717, 1.165) is 4.47 Å². The Balaban J connectivity index is 2.84. The Bertz CT molecular complexity index is 271. The van der Waals surface area contributed by atoms with Crippen molar-refractivity contribution in [2.45, 2.75) is 6.10 Å². The van der Waals surface area contributed by atoms with Gasteiger partial charge in [-0.1, -0.05) is 0 Å². The molecule has 3 nitrogen and oxygen atoms in total. The van der Waals surface area contributed by atoms with E-state index in [4.69, 9.17) is 10.2 Å². The number of aliphatic hydroxyl groups excluding tert-OH is 1. The molecule has 60 valence electrons. The average molecular weight is 237 g/mol. The molecule has 1 atom stereocenters. The third kappa shape index (κ3) is 2.02. The van der Waals surface area contributed by atoms with Crippen LogP contribution in [0.3, 0.4) is 0 Å². The maximum Gasteiger partial charge on any atom is 0.338 e. The monoisotopic (exact) mass is 236 g/mol. The maximum atomic E-state index is 10.3. The Morgan fingerprint density at radius 3 is 2.73 bits per heavy atom. The summed E-state index contributed by atoms with van der Waals surface area (Å²) >= 11 is 4.36. The Kier molecular flexibility index (Phi) is 2.64. The molecule has 0 aromatic carbocycles. The molecule has 0 aliphatic carbocycles. The van der Waals surface area contributed by atoms with Crippen molar-refractivity contribution in [3.8, 4) is 0 Å². The van der Waals surface area contributed by atoms with Crippen molar-refractivity contribution >= 4 is 33.2 Å². The molecular weight excluding hydrogens is 232 g/mol. The van der Waals surface area contributed by atoms with Crippen LogP contribution in [-0.2, 0) is 4.79 Å². The zero-order valence-corrected chi connectivity index (χ0v) is 7.72. The third-order valence-corrected chi connectivity index (χ3v) is 2.84. The fourth-order valence-electron chi connectivity index (χ4n) is 0.593. The van der Waals surface area contributed by atoms with E-state index in [9.17, 15) is 4.79 Å². The Hall–Kier alpha value is -0.390. The standard InChI is InChI=1S/C6H5BrO3S/c7-3-1-4(11-2-3)5(8)6(9)10/h1-2,5,8H,(H,9,10)/t5-/m1/s1. The van der Waals surface area contributed by atoms with Crippen molar-refractivity contribution in [2.24, 2.45) is 0 Å².